The fourth-order valence-electron chi connectivity index (χ4n) is 1.48. The van der Waals surface area contributed by atoms with Crippen molar-refractivity contribution in [1.82, 2.24) is 10.0 Å². The van der Waals surface area contributed by atoms with Crippen LogP contribution in [0.25, 0.3) is 0 Å². The van der Waals surface area contributed by atoms with Crippen LogP contribution in [0.5, 0.6) is 5.75 Å². The number of hydrogen-bond acceptors (Lipinski definition) is 5. The van der Waals surface area contributed by atoms with Gasteiger partial charge in [-0.1, -0.05) is 13.3 Å². The largest absolute Gasteiger partial charge is 0.495 e. The Hall–Kier alpha value is -1.96. The molecule has 0 spiro atoms. The van der Waals surface area contributed by atoms with Gasteiger partial charge < -0.3 is 15.8 Å². The number of nitrogens with two attached hydrogens (primary N) is 1. The number of benzene rings is 1. The minimum Gasteiger partial charge on any atom is -0.495 e. The Morgan fingerprint density at radius 2 is 2.10 bits per heavy atom. The van der Waals surface area contributed by atoms with Gasteiger partial charge in [-0.2, -0.15) is 0 Å². The molecule has 0 radical (unpaired) electrons. The average Bonchev–Trinajstić information content (AvgIpc) is 2.38. The number of anilines is 1. The maximum absolute atomic E-state index is 12.0. The number of sulfonamides is 1. The topological polar surface area (TPSA) is 111 Å². The molecule has 0 fully saturated rings. The van der Waals surface area contributed by atoms with Gasteiger partial charge in [0.1, 0.15) is 5.75 Å². The third-order valence-corrected chi connectivity index (χ3v) is 3.88. The summed E-state index contributed by atoms with van der Waals surface area (Å²) in [6, 6.07) is 3.23. The second-order valence-electron chi connectivity index (χ2n) is 4.12. The molecule has 1 aromatic carbocycles. The van der Waals surface area contributed by atoms with Crippen LogP contribution in [-0.2, 0) is 10.0 Å². The van der Waals surface area contributed by atoms with E-state index in [2.05, 4.69) is 5.32 Å². The van der Waals surface area contributed by atoms with E-state index in [-0.39, 0.29) is 10.6 Å². The number of nitrogen functional groups attached to an aromatic ring is 1. The van der Waals surface area contributed by atoms with Crippen molar-refractivity contribution >= 4 is 21.7 Å². The van der Waals surface area contributed by atoms with Gasteiger partial charge in [0.05, 0.1) is 17.7 Å². The highest BCUT2D eigenvalue weighted by atomic mass is 32.2. The molecule has 0 aromatic heterocycles. The fourth-order valence-corrected chi connectivity index (χ4v) is 2.44. The van der Waals surface area contributed by atoms with Crippen molar-refractivity contribution in [3.05, 3.63) is 18.2 Å². The molecule has 0 saturated heterocycles. The van der Waals surface area contributed by atoms with Crippen LogP contribution in [0.4, 0.5) is 10.5 Å². The number of hydrogen-bond donors (Lipinski definition) is 3. The van der Waals surface area contributed by atoms with E-state index in [4.69, 9.17) is 10.5 Å². The van der Waals surface area contributed by atoms with Gasteiger partial charge in [0.25, 0.3) is 10.0 Å². The van der Waals surface area contributed by atoms with Gasteiger partial charge in [0.2, 0.25) is 0 Å². The quantitative estimate of drug-likeness (QED) is 0.537. The van der Waals surface area contributed by atoms with E-state index in [1.807, 2.05) is 11.6 Å². The van der Waals surface area contributed by atoms with Crippen LogP contribution in [0.3, 0.4) is 0 Å². The summed E-state index contributed by atoms with van der Waals surface area (Å²) in [6.07, 6.45) is 1.69. The van der Waals surface area contributed by atoms with Crippen LogP contribution in [0.1, 0.15) is 19.8 Å². The maximum atomic E-state index is 12.0. The molecule has 1 aromatic rings. The SMILES string of the molecule is CCCCNC(=O)NS(=O)(=O)c1ccc(OC)c(N)c1. The summed E-state index contributed by atoms with van der Waals surface area (Å²) in [4.78, 5) is 11.4. The van der Waals surface area contributed by atoms with Crippen LogP contribution < -0.4 is 20.5 Å². The molecule has 8 heteroatoms. The van der Waals surface area contributed by atoms with Crippen molar-refractivity contribution in [2.24, 2.45) is 0 Å². The number of urea groups is 1. The van der Waals surface area contributed by atoms with E-state index >= 15 is 0 Å². The molecule has 20 heavy (non-hydrogen) atoms. The van der Waals surface area contributed by atoms with Crippen molar-refractivity contribution in [2.75, 3.05) is 19.4 Å². The Labute approximate surface area is 118 Å². The summed E-state index contributed by atoms with van der Waals surface area (Å²) in [7, 11) is -2.51. The first-order valence-corrected chi connectivity index (χ1v) is 7.63. The molecule has 0 aliphatic rings. The maximum Gasteiger partial charge on any atom is 0.328 e. The summed E-state index contributed by atoms with van der Waals surface area (Å²) >= 11 is 0. The van der Waals surface area contributed by atoms with Crippen molar-refractivity contribution < 1.29 is 17.9 Å². The zero-order valence-corrected chi connectivity index (χ0v) is 12.3. The number of unbranched alkanes of at least 4 members (excludes halogenated alkanes) is 1. The lowest BCUT2D eigenvalue weighted by molar-refractivity contribution is 0.245. The van der Waals surface area contributed by atoms with Gasteiger partial charge in [0.15, 0.2) is 0 Å². The van der Waals surface area contributed by atoms with Crippen molar-refractivity contribution in [1.29, 1.82) is 0 Å². The number of amides is 2. The molecule has 0 saturated carbocycles. The lowest BCUT2D eigenvalue weighted by Gasteiger charge is -2.10. The molecule has 7 nitrogen and oxygen atoms in total. The highest BCUT2D eigenvalue weighted by Gasteiger charge is 2.18. The third kappa shape index (κ3) is 4.30. The molecule has 2 amide bonds. The normalized spacial score (nSPS) is 10.9. The van der Waals surface area contributed by atoms with Crippen molar-refractivity contribution in [3.8, 4) is 5.75 Å². The van der Waals surface area contributed by atoms with Crippen LogP contribution in [0, 0.1) is 0 Å². The van der Waals surface area contributed by atoms with E-state index in [0.29, 0.717) is 12.3 Å². The summed E-state index contributed by atoms with van der Waals surface area (Å²) in [5, 5.41) is 2.46. The zero-order valence-electron chi connectivity index (χ0n) is 11.5. The molecular formula is C12H19N3O4S. The van der Waals surface area contributed by atoms with Gasteiger partial charge in [-0.05, 0) is 24.6 Å². The third-order valence-electron chi connectivity index (χ3n) is 2.55. The predicted octanol–water partition coefficient (Wildman–Crippen LogP) is 1.07. The first-order valence-electron chi connectivity index (χ1n) is 6.15. The van der Waals surface area contributed by atoms with Gasteiger partial charge in [-0.15, -0.1) is 0 Å². The highest BCUT2D eigenvalue weighted by Crippen LogP contribution is 2.24. The smallest absolute Gasteiger partial charge is 0.328 e. The predicted molar refractivity (Wildman–Crippen MR) is 76.0 cm³/mol. The molecule has 0 aliphatic carbocycles. The van der Waals surface area contributed by atoms with Crippen LogP contribution in [-0.4, -0.2) is 28.1 Å². The number of methoxy groups -OCH3 is 1. The first-order chi connectivity index (χ1) is 9.40. The standard InChI is InChI=1S/C12H19N3O4S/c1-3-4-7-14-12(16)15-20(17,18)9-5-6-11(19-2)10(13)8-9/h5-6,8H,3-4,7,13H2,1-2H3,(H2,14,15,16). The molecule has 112 valence electrons. The number of carbonyl (C=O) groups is 1. The van der Waals surface area contributed by atoms with Crippen LogP contribution >= 0.6 is 0 Å². The summed E-state index contributed by atoms with van der Waals surface area (Å²) in [5.41, 5.74) is 5.82. The monoisotopic (exact) mass is 301 g/mol. The zero-order chi connectivity index (χ0) is 15.2. The molecule has 1 rings (SSSR count). The summed E-state index contributed by atoms with van der Waals surface area (Å²) in [6.45, 7) is 2.39. The van der Waals surface area contributed by atoms with Crippen LogP contribution in [0.2, 0.25) is 0 Å². The van der Waals surface area contributed by atoms with Gasteiger partial charge in [-0.25, -0.2) is 17.9 Å². The van der Waals surface area contributed by atoms with Gasteiger partial charge in [0, 0.05) is 6.54 Å². The van der Waals surface area contributed by atoms with E-state index < -0.39 is 16.1 Å². The lowest BCUT2D eigenvalue weighted by Crippen LogP contribution is -2.39. The molecule has 0 heterocycles. The fraction of sp³-hybridized carbons (Fsp3) is 0.417. The summed E-state index contributed by atoms with van der Waals surface area (Å²) < 4.78 is 30.8. The van der Waals surface area contributed by atoms with E-state index in [9.17, 15) is 13.2 Å². The highest BCUT2D eigenvalue weighted by molar-refractivity contribution is 7.90. The Kier molecular flexibility index (Phi) is 5.63. The number of carbonyl (C=O) groups excluding carboxylic acids is 1. The van der Waals surface area contributed by atoms with E-state index in [1.165, 1.54) is 25.3 Å². The average molecular weight is 301 g/mol. The second kappa shape index (κ2) is 6.99. The molecular weight excluding hydrogens is 282 g/mol. The second-order valence-corrected chi connectivity index (χ2v) is 5.80. The first kappa shape index (κ1) is 16.1. The summed E-state index contributed by atoms with van der Waals surface area (Å²) in [5.74, 6) is 0.372. The van der Waals surface area contributed by atoms with E-state index in [0.717, 1.165) is 12.8 Å². The molecule has 0 unspecified atom stereocenters. The van der Waals surface area contributed by atoms with Gasteiger partial charge in [-0.3, -0.25) is 0 Å². The van der Waals surface area contributed by atoms with Crippen molar-refractivity contribution in [3.63, 3.8) is 0 Å². The number of ether oxygens (including phenoxy) is 1. The van der Waals surface area contributed by atoms with Gasteiger partial charge >= 0.3 is 6.03 Å². The van der Waals surface area contributed by atoms with E-state index in [1.54, 1.807) is 0 Å². The van der Waals surface area contributed by atoms with Crippen molar-refractivity contribution in [2.45, 2.75) is 24.7 Å². The minimum absolute atomic E-state index is 0.0959. The Morgan fingerprint density at radius 3 is 2.65 bits per heavy atom. The molecule has 0 aliphatic heterocycles. The molecule has 0 bridgehead atoms. The minimum atomic E-state index is -3.94. The van der Waals surface area contributed by atoms with Crippen LogP contribution in [0.15, 0.2) is 23.1 Å². The lowest BCUT2D eigenvalue weighted by atomic mass is 10.3. The molecule has 4 N–H and O–H groups in total. The number of rotatable bonds is 6. The Bertz CT molecular complexity index is 572. The Balaban J connectivity index is 2.78. The number of nitrogens with one attached hydrogen (secondary N) is 2. The molecule has 0 atom stereocenters. The Morgan fingerprint density at radius 1 is 1.40 bits per heavy atom.